The number of fused-ring (bicyclic) bond motifs is 1. The number of benzene rings is 2. The lowest BCUT2D eigenvalue weighted by Crippen LogP contribution is -2.29. The standard InChI is InChI=1S/C29H25FN6O3/c30-20-5-7-21(8-6-20)35-12-9-22(25(28(32)37)29(35)38)17-1-3-18(4-2-17)23-15-24(19-10-13-39-14-11-19)36-26(23)27(31)33-16-34-36/h1-9,12,15-16,19H,10-11,13-14H2,(H2,32,37)(H2,31,33,34). The number of carbonyl (C=O) groups is 1. The Morgan fingerprint density at radius 2 is 1.64 bits per heavy atom. The highest BCUT2D eigenvalue weighted by Crippen LogP contribution is 2.37. The van der Waals surface area contributed by atoms with E-state index in [4.69, 9.17) is 16.2 Å². The summed E-state index contributed by atoms with van der Waals surface area (Å²) in [6.07, 6.45) is 4.80. The van der Waals surface area contributed by atoms with Crippen LogP contribution < -0.4 is 17.0 Å². The summed E-state index contributed by atoms with van der Waals surface area (Å²) in [7, 11) is 0. The highest BCUT2D eigenvalue weighted by Gasteiger charge is 2.24. The molecule has 0 unspecified atom stereocenters. The average molecular weight is 525 g/mol. The number of nitrogens with zero attached hydrogens (tertiary/aromatic N) is 4. The predicted octanol–water partition coefficient (Wildman–Crippen LogP) is 3.93. The molecule has 1 fully saturated rings. The normalized spacial score (nSPS) is 14.1. The third-order valence-electron chi connectivity index (χ3n) is 7.20. The van der Waals surface area contributed by atoms with Gasteiger partial charge in [0.2, 0.25) is 0 Å². The Hall–Kier alpha value is -4.83. The van der Waals surface area contributed by atoms with Crippen LogP contribution in [0, 0.1) is 5.82 Å². The summed E-state index contributed by atoms with van der Waals surface area (Å²) in [6.45, 7) is 1.40. The summed E-state index contributed by atoms with van der Waals surface area (Å²) in [6, 6.07) is 16.6. The molecule has 9 nitrogen and oxygen atoms in total. The third kappa shape index (κ3) is 4.34. The lowest BCUT2D eigenvalue weighted by molar-refractivity contribution is 0.0841. The Balaban J connectivity index is 1.42. The molecule has 1 amide bonds. The van der Waals surface area contributed by atoms with Crippen LogP contribution in [0.15, 0.2) is 78.0 Å². The first-order chi connectivity index (χ1) is 18.9. The van der Waals surface area contributed by atoms with Crippen molar-refractivity contribution in [2.45, 2.75) is 18.8 Å². The summed E-state index contributed by atoms with van der Waals surface area (Å²) >= 11 is 0. The SMILES string of the molecule is NC(=O)c1c(-c2ccc(-c3cc(C4CCOCC4)n4ncnc(N)c34)cc2)ccn(-c2ccc(F)cc2)c1=O. The Labute approximate surface area is 222 Å². The first-order valence-corrected chi connectivity index (χ1v) is 12.5. The first kappa shape index (κ1) is 24.5. The van der Waals surface area contributed by atoms with Gasteiger partial charge in [0.1, 0.15) is 23.2 Å². The van der Waals surface area contributed by atoms with Crippen molar-refractivity contribution in [2.24, 2.45) is 5.73 Å². The Kier molecular flexibility index (Phi) is 6.16. The number of rotatable bonds is 5. The van der Waals surface area contributed by atoms with E-state index in [1.54, 1.807) is 12.3 Å². The zero-order valence-electron chi connectivity index (χ0n) is 20.9. The lowest BCUT2D eigenvalue weighted by Gasteiger charge is -2.21. The van der Waals surface area contributed by atoms with E-state index in [2.05, 4.69) is 16.1 Å². The largest absolute Gasteiger partial charge is 0.382 e. The maximum Gasteiger partial charge on any atom is 0.268 e. The first-order valence-electron chi connectivity index (χ1n) is 12.5. The molecular weight excluding hydrogens is 499 g/mol. The van der Waals surface area contributed by atoms with Gasteiger partial charge in [0, 0.05) is 47.8 Å². The van der Waals surface area contributed by atoms with Gasteiger partial charge in [-0.2, -0.15) is 5.10 Å². The van der Waals surface area contributed by atoms with Crippen molar-refractivity contribution in [1.29, 1.82) is 0 Å². The number of nitrogen functional groups attached to an aromatic ring is 1. The van der Waals surface area contributed by atoms with E-state index < -0.39 is 17.3 Å². The van der Waals surface area contributed by atoms with Gasteiger partial charge in [-0.15, -0.1) is 0 Å². The molecule has 0 aliphatic carbocycles. The minimum atomic E-state index is -0.847. The van der Waals surface area contributed by atoms with Crippen molar-refractivity contribution in [2.75, 3.05) is 18.9 Å². The second-order valence-corrected chi connectivity index (χ2v) is 9.47. The molecule has 5 aromatic rings. The second kappa shape index (κ2) is 9.80. The van der Waals surface area contributed by atoms with Crippen LogP contribution in [0.25, 0.3) is 33.5 Å². The van der Waals surface area contributed by atoms with E-state index in [1.165, 1.54) is 35.2 Å². The summed E-state index contributed by atoms with van der Waals surface area (Å²) in [5.74, 6) is -0.607. The zero-order valence-corrected chi connectivity index (χ0v) is 20.9. The number of primary amides is 1. The smallest absolute Gasteiger partial charge is 0.268 e. The molecule has 0 saturated carbocycles. The number of ether oxygens (including phenoxy) is 1. The van der Waals surface area contributed by atoms with Crippen LogP contribution in [0.1, 0.15) is 34.8 Å². The quantitative estimate of drug-likeness (QED) is 0.358. The number of anilines is 1. The molecule has 1 saturated heterocycles. The zero-order chi connectivity index (χ0) is 27.1. The molecule has 4 heterocycles. The number of aromatic nitrogens is 4. The molecule has 0 spiro atoms. The molecule has 6 rings (SSSR count). The van der Waals surface area contributed by atoms with Crippen LogP contribution in [0.5, 0.6) is 0 Å². The Bertz CT molecular complexity index is 1750. The molecule has 1 aliphatic heterocycles. The van der Waals surface area contributed by atoms with Gasteiger partial charge >= 0.3 is 0 Å². The van der Waals surface area contributed by atoms with Crippen molar-refractivity contribution in [3.8, 4) is 27.9 Å². The fourth-order valence-electron chi connectivity index (χ4n) is 5.25. The van der Waals surface area contributed by atoms with E-state index in [0.717, 1.165) is 35.2 Å². The van der Waals surface area contributed by atoms with Crippen molar-refractivity contribution in [3.05, 3.63) is 101 Å². The van der Waals surface area contributed by atoms with Gasteiger partial charge in [0.05, 0.1) is 0 Å². The van der Waals surface area contributed by atoms with Crippen LogP contribution in [0.3, 0.4) is 0 Å². The fourth-order valence-corrected chi connectivity index (χ4v) is 5.25. The molecular formula is C29H25FN6O3. The molecule has 10 heteroatoms. The maximum atomic E-state index is 13.4. The van der Waals surface area contributed by atoms with Gasteiger partial charge < -0.3 is 16.2 Å². The molecule has 0 bridgehead atoms. The highest BCUT2D eigenvalue weighted by molar-refractivity contribution is 5.99. The van der Waals surface area contributed by atoms with Gasteiger partial charge in [-0.1, -0.05) is 24.3 Å². The topological polar surface area (TPSA) is 131 Å². The number of nitrogens with two attached hydrogens (primary N) is 2. The molecule has 3 aromatic heterocycles. The molecule has 2 aromatic carbocycles. The van der Waals surface area contributed by atoms with E-state index in [1.807, 2.05) is 28.8 Å². The molecule has 0 atom stereocenters. The van der Waals surface area contributed by atoms with Crippen molar-refractivity contribution >= 4 is 17.2 Å². The van der Waals surface area contributed by atoms with E-state index in [0.29, 0.717) is 41.8 Å². The van der Waals surface area contributed by atoms with Crippen molar-refractivity contribution in [3.63, 3.8) is 0 Å². The van der Waals surface area contributed by atoms with Gasteiger partial charge in [-0.3, -0.25) is 14.2 Å². The molecule has 0 radical (unpaired) electrons. The molecule has 39 heavy (non-hydrogen) atoms. The van der Waals surface area contributed by atoms with Crippen LogP contribution in [0.4, 0.5) is 10.2 Å². The van der Waals surface area contributed by atoms with Crippen LogP contribution in [-0.4, -0.2) is 38.3 Å². The summed E-state index contributed by atoms with van der Waals surface area (Å²) < 4.78 is 22.0. The van der Waals surface area contributed by atoms with E-state index in [-0.39, 0.29) is 5.56 Å². The van der Waals surface area contributed by atoms with Gasteiger partial charge in [-0.05, 0) is 60.4 Å². The number of amides is 1. The number of hydrogen-bond acceptors (Lipinski definition) is 6. The monoisotopic (exact) mass is 524 g/mol. The second-order valence-electron chi connectivity index (χ2n) is 9.47. The Morgan fingerprint density at radius 3 is 2.31 bits per heavy atom. The molecule has 196 valence electrons. The minimum Gasteiger partial charge on any atom is -0.382 e. The average Bonchev–Trinajstić information content (AvgIpc) is 3.35. The Morgan fingerprint density at radius 1 is 0.974 bits per heavy atom. The van der Waals surface area contributed by atoms with Gasteiger partial charge in [-0.25, -0.2) is 13.9 Å². The summed E-state index contributed by atoms with van der Waals surface area (Å²) in [5.41, 5.74) is 16.2. The highest BCUT2D eigenvalue weighted by atomic mass is 19.1. The summed E-state index contributed by atoms with van der Waals surface area (Å²) in [5, 5.41) is 4.48. The predicted molar refractivity (Wildman–Crippen MR) is 145 cm³/mol. The van der Waals surface area contributed by atoms with Gasteiger partial charge in [0.15, 0.2) is 5.82 Å². The van der Waals surface area contributed by atoms with Crippen LogP contribution in [0.2, 0.25) is 0 Å². The molecule has 4 N–H and O–H groups in total. The lowest BCUT2D eigenvalue weighted by atomic mass is 9.95. The van der Waals surface area contributed by atoms with Crippen LogP contribution >= 0.6 is 0 Å². The number of hydrogen-bond donors (Lipinski definition) is 2. The van der Waals surface area contributed by atoms with Gasteiger partial charge in [0.25, 0.3) is 11.5 Å². The third-order valence-corrected chi connectivity index (χ3v) is 7.20. The number of carbonyl (C=O) groups excluding carboxylic acids is 1. The van der Waals surface area contributed by atoms with E-state index in [9.17, 15) is 14.0 Å². The van der Waals surface area contributed by atoms with E-state index >= 15 is 0 Å². The minimum absolute atomic E-state index is 0.150. The van der Waals surface area contributed by atoms with Crippen molar-refractivity contribution < 1.29 is 13.9 Å². The molecule has 1 aliphatic rings. The number of halogens is 1. The fraction of sp³-hybridized carbons (Fsp3) is 0.172. The summed E-state index contributed by atoms with van der Waals surface area (Å²) in [4.78, 5) is 29.8. The van der Waals surface area contributed by atoms with Crippen molar-refractivity contribution in [1.82, 2.24) is 19.2 Å². The maximum absolute atomic E-state index is 13.4. The number of pyridine rings is 1. The van der Waals surface area contributed by atoms with Crippen LogP contribution in [-0.2, 0) is 4.74 Å².